The van der Waals surface area contributed by atoms with Gasteiger partial charge in [0.1, 0.15) is 11.6 Å². The molecule has 1 aromatic rings. The molecule has 2 nitrogen and oxygen atoms in total. The number of benzene rings is 1. The summed E-state index contributed by atoms with van der Waals surface area (Å²) in [5, 5.41) is 0. The van der Waals surface area contributed by atoms with Gasteiger partial charge in [0, 0.05) is 24.7 Å². The van der Waals surface area contributed by atoms with Crippen molar-refractivity contribution in [3.05, 3.63) is 35.4 Å². The average molecular weight is 274 g/mol. The van der Waals surface area contributed by atoms with E-state index in [-0.39, 0.29) is 11.8 Å². The molecule has 0 amide bonds. The van der Waals surface area contributed by atoms with Gasteiger partial charge in [0.2, 0.25) is 0 Å². The third-order valence-corrected chi connectivity index (χ3v) is 3.60. The molecule has 0 saturated heterocycles. The lowest BCUT2D eigenvalue weighted by molar-refractivity contribution is -0.122. The fraction of sp³-hybridized carbons (Fsp3) is 0.556. The maximum atomic E-state index is 11.6. The molecule has 0 radical (unpaired) electrons. The summed E-state index contributed by atoms with van der Waals surface area (Å²) in [5.74, 6) is 0.847. The lowest BCUT2D eigenvalue weighted by Crippen LogP contribution is -2.09. The molecule has 1 rings (SSSR count). The van der Waals surface area contributed by atoms with E-state index in [9.17, 15) is 9.59 Å². The van der Waals surface area contributed by atoms with Crippen molar-refractivity contribution in [3.63, 3.8) is 0 Å². The highest BCUT2D eigenvalue weighted by Gasteiger charge is 2.09. The Labute approximate surface area is 122 Å². The first-order valence-electron chi connectivity index (χ1n) is 7.53. The van der Waals surface area contributed by atoms with E-state index in [2.05, 4.69) is 18.2 Å². The number of Topliss-reactive ketones (excluding diaryl/α,β-unsaturated/α-hetero) is 2. The first kappa shape index (κ1) is 16.6. The van der Waals surface area contributed by atoms with Crippen molar-refractivity contribution in [2.45, 2.75) is 53.4 Å². The van der Waals surface area contributed by atoms with Crippen LogP contribution in [0.2, 0.25) is 0 Å². The highest BCUT2D eigenvalue weighted by Crippen LogP contribution is 2.12. The number of hydrogen-bond donors (Lipinski definition) is 0. The molecule has 110 valence electrons. The quantitative estimate of drug-likeness (QED) is 0.718. The molecule has 0 aliphatic heterocycles. The largest absolute Gasteiger partial charge is 0.299 e. The second-order valence-electron chi connectivity index (χ2n) is 6.06. The minimum Gasteiger partial charge on any atom is -0.299 e. The van der Waals surface area contributed by atoms with Crippen LogP contribution in [0.4, 0.5) is 0 Å². The Morgan fingerprint density at radius 1 is 0.850 bits per heavy atom. The van der Waals surface area contributed by atoms with Gasteiger partial charge in [-0.1, -0.05) is 52.0 Å². The molecule has 2 heteroatoms. The minimum atomic E-state index is 0.113. The van der Waals surface area contributed by atoms with E-state index >= 15 is 0 Å². The maximum Gasteiger partial charge on any atom is 0.135 e. The van der Waals surface area contributed by atoms with Crippen LogP contribution in [0, 0.1) is 11.8 Å². The molecular weight excluding hydrogens is 248 g/mol. The van der Waals surface area contributed by atoms with Gasteiger partial charge < -0.3 is 0 Å². The van der Waals surface area contributed by atoms with Gasteiger partial charge in [-0.2, -0.15) is 0 Å². The minimum absolute atomic E-state index is 0.113. The number of carbonyl (C=O) groups excluding carboxylic acids is 2. The number of carbonyl (C=O) groups is 2. The zero-order valence-corrected chi connectivity index (χ0v) is 13.1. The molecule has 0 aliphatic rings. The lowest BCUT2D eigenvalue weighted by Gasteiger charge is -2.07. The van der Waals surface area contributed by atoms with Crippen molar-refractivity contribution >= 4 is 11.6 Å². The van der Waals surface area contributed by atoms with Gasteiger partial charge in [-0.25, -0.2) is 0 Å². The van der Waals surface area contributed by atoms with Crippen LogP contribution < -0.4 is 0 Å². The summed E-state index contributed by atoms with van der Waals surface area (Å²) in [6.45, 7) is 7.76. The summed E-state index contributed by atoms with van der Waals surface area (Å²) in [4.78, 5) is 23.3. The van der Waals surface area contributed by atoms with Crippen LogP contribution in [0.1, 0.15) is 51.7 Å². The number of ketones is 2. The van der Waals surface area contributed by atoms with Crippen molar-refractivity contribution in [1.29, 1.82) is 0 Å². The first-order chi connectivity index (χ1) is 9.40. The van der Waals surface area contributed by atoms with Crippen LogP contribution in [0.15, 0.2) is 24.3 Å². The molecule has 0 aliphatic carbocycles. The van der Waals surface area contributed by atoms with Gasteiger partial charge in [-0.3, -0.25) is 9.59 Å². The molecule has 20 heavy (non-hydrogen) atoms. The third kappa shape index (κ3) is 5.68. The smallest absolute Gasteiger partial charge is 0.135 e. The molecule has 0 fully saturated rings. The van der Waals surface area contributed by atoms with E-state index in [0.29, 0.717) is 24.4 Å². The summed E-state index contributed by atoms with van der Waals surface area (Å²) < 4.78 is 0. The zero-order valence-electron chi connectivity index (χ0n) is 13.1. The highest BCUT2D eigenvalue weighted by atomic mass is 16.1. The predicted molar refractivity (Wildman–Crippen MR) is 82.8 cm³/mol. The molecule has 0 bridgehead atoms. The molecule has 0 unspecified atom stereocenters. The Bertz CT molecular complexity index is 419. The highest BCUT2D eigenvalue weighted by molar-refractivity contribution is 5.81. The average Bonchev–Trinajstić information content (AvgIpc) is 2.42. The first-order valence-corrected chi connectivity index (χ1v) is 7.53. The molecule has 1 aromatic carbocycles. The van der Waals surface area contributed by atoms with Gasteiger partial charge in [0.05, 0.1) is 0 Å². The summed E-state index contributed by atoms with van der Waals surface area (Å²) in [5.41, 5.74) is 2.38. The van der Waals surface area contributed by atoms with E-state index in [1.54, 1.807) is 0 Å². The van der Waals surface area contributed by atoms with Crippen LogP contribution in [0.25, 0.3) is 0 Å². The van der Waals surface area contributed by atoms with Gasteiger partial charge in [0.15, 0.2) is 0 Å². The fourth-order valence-corrected chi connectivity index (χ4v) is 2.05. The van der Waals surface area contributed by atoms with Gasteiger partial charge in [-0.05, 0) is 24.0 Å². The SMILES string of the molecule is CC(C)C(=O)CCc1cccc(CCC(=O)C(C)C)c1. The predicted octanol–water partition coefficient (Wildman–Crippen LogP) is 4.00. The standard InChI is InChI=1S/C18H26O2/c1-13(2)17(19)10-8-15-6-5-7-16(12-15)9-11-18(20)14(3)4/h5-7,12-14H,8-11H2,1-4H3. The van der Waals surface area contributed by atoms with Crippen molar-refractivity contribution in [1.82, 2.24) is 0 Å². The van der Waals surface area contributed by atoms with Crippen LogP contribution in [-0.2, 0) is 22.4 Å². The maximum absolute atomic E-state index is 11.6. The summed E-state index contributed by atoms with van der Waals surface area (Å²) in [7, 11) is 0. The summed E-state index contributed by atoms with van der Waals surface area (Å²) in [6.07, 6.45) is 2.80. The molecule has 0 heterocycles. The Morgan fingerprint density at radius 3 is 1.60 bits per heavy atom. The van der Waals surface area contributed by atoms with E-state index in [1.807, 2.05) is 33.8 Å². The van der Waals surface area contributed by atoms with Gasteiger partial charge >= 0.3 is 0 Å². The van der Waals surface area contributed by atoms with Crippen molar-refractivity contribution in [3.8, 4) is 0 Å². The normalized spacial score (nSPS) is 11.1. The van der Waals surface area contributed by atoms with E-state index in [4.69, 9.17) is 0 Å². The number of hydrogen-bond acceptors (Lipinski definition) is 2. The Balaban J connectivity index is 2.53. The second kappa shape index (κ2) is 7.98. The van der Waals surface area contributed by atoms with Crippen LogP contribution in [-0.4, -0.2) is 11.6 Å². The molecule has 0 N–H and O–H groups in total. The van der Waals surface area contributed by atoms with Crippen LogP contribution in [0.5, 0.6) is 0 Å². The summed E-state index contributed by atoms with van der Waals surface area (Å²) >= 11 is 0. The third-order valence-electron chi connectivity index (χ3n) is 3.60. The topological polar surface area (TPSA) is 34.1 Å². The lowest BCUT2D eigenvalue weighted by atomic mass is 9.97. The Morgan fingerprint density at radius 2 is 1.25 bits per heavy atom. The molecule has 0 aromatic heterocycles. The van der Waals surface area contributed by atoms with Gasteiger partial charge in [0.25, 0.3) is 0 Å². The molecule has 0 atom stereocenters. The molecule has 0 spiro atoms. The van der Waals surface area contributed by atoms with E-state index in [1.165, 1.54) is 11.1 Å². The van der Waals surface area contributed by atoms with E-state index in [0.717, 1.165) is 12.8 Å². The summed E-state index contributed by atoms with van der Waals surface area (Å²) in [6, 6.07) is 8.26. The van der Waals surface area contributed by atoms with Crippen LogP contribution in [0.3, 0.4) is 0 Å². The van der Waals surface area contributed by atoms with Crippen molar-refractivity contribution in [2.75, 3.05) is 0 Å². The molecular formula is C18H26O2. The number of rotatable bonds is 8. The van der Waals surface area contributed by atoms with Gasteiger partial charge in [-0.15, -0.1) is 0 Å². The Kier molecular flexibility index (Phi) is 6.63. The number of aryl methyl sites for hydroxylation is 2. The van der Waals surface area contributed by atoms with Crippen molar-refractivity contribution in [2.24, 2.45) is 11.8 Å². The zero-order chi connectivity index (χ0) is 15.1. The van der Waals surface area contributed by atoms with E-state index < -0.39 is 0 Å². The fourth-order valence-electron chi connectivity index (χ4n) is 2.05. The molecule has 0 saturated carbocycles. The van der Waals surface area contributed by atoms with Crippen LogP contribution >= 0.6 is 0 Å². The Hall–Kier alpha value is -1.44. The van der Waals surface area contributed by atoms with Crippen molar-refractivity contribution < 1.29 is 9.59 Å². The second-order valence-corrected chi connectivity index (χ2v) is 6.06. The monoisotopic (exact) mass is 274 g/mol.